The first-order chi connectivity index (χ1) is 15.5. The molecule has 1 aliphatic heterocycles. The summed E-state index contributed by atoms with van der Waals surface area (Å²) in [5, 5.41) is 4.00. The van der Waals surface area contributed by atoms with Crippen molar-refractivity contribution in [2.75, 3.05) is 36.2 Å². The Morgan fingerprint density at radius 1 is 1.22 bits per heavy atom. The van der Waals surface area contributed by atoms with Gasteiger partial charge in [0.1, 0.15) is 4.70 Å². The van der Waals surface area contributed by atoms with E-state index in [-0.39, 0.29) is 22.8 Å². The summed E-state index contributed by atoms with van der Waals surface area (Å²) in [7, 11) is 1.29. The molecule has 2 aromatic heterocycles. The lowest BCUT2D eigenvalue weighted by molar-refractivity contribution is -0.113. The molecular weight excluding hydrogens is 450 g/mol. The zero-order valence-corrected chi connectivity index (χ0v) is 19.4. The average Bonchev–Trinajstić information content (AvgIpc) is 3.47. The molecule has 168 valence electrons. The summed E-state index contributed by atoms with van der Waals surface area (Å²) in [4.78, 5) is 48.8. The van der Waals surface area contributed by atoms with Crippen LogP contribution in [0.3, 0.4) is 0 Å². The summed E-state index contributed by atoms with van der Waals surface area (Å²) < 4.78 is 6.86. The standard InChI is InChI=1S/C21H23N5O4S2/c1-3-26-18(28)16-17(23-20(32-16)25-10-6-7-11-25)24-21(26)31-12-15(27)22-14-9-5-4-8-13(14)19(29)30-2/h4-5,8-9H,3,6-7,10-12H2,1-2H3,(H,22,27). The lowest BCUT2D eigenvalue weighted by Gasteiger charge is -2.11. The Bertz CT molecular complexity index is 1220. The van der Waals surface area contributed by atoms with Crippen molar-refractivity contribution in [3.05, 3.63) is 40.2 Å². The minimum absolute atomic E-state index is 0.0244. The molecule has 0 radical (unpaired) electrons. The predicted molar refractivity (Wildman–Crippen MR) is 126 cm³/mol. The van der Waals surface area contributed by atoms with E-state index in [0.717, 1.165) is 42.8 Å². The van der Waals surface area contributed by atoms with Crippen LogP contribution in [-0.4, -0.2) is 52.4 Å². The number of hydrogen-bond donors (Lipinski definition) is 1. The number of nitrogens with zero attached hydrogens (tertiary/aromatic N) is 4. The number of ether oxygens (including phenoxy) is 1. The van der Waals surface area contributed by atoms with E-state index in [0.29, 0.717) is 27.7 Å². The van der Waals surface area contributed by atoms with E-state index < -0.39 is 5.97 Å². The van der Waals surface area contributed by atoms with Crippen LogP contribution in [0.25, 0.3) is 10.3 Å². The number of rotatable bonds is 7. The molecule has 1 aliphatic rings. The monoisotopic (exact) mass is 473 g/mol. The Kier molecular flexibility index (Phi) is 6.75. The number of thiazole rings is 1. The third-order valence-electron chi connectivity index (χ3n) is 5.10. The molecule has 1 saturated heterocycles. The maximum absolute atomic E-state index is 13.0. The van der Waals surface area contributed by atoms with E-state index in [1.165, 1.54) is 18.4 Å². The summed E-state index contributed by atoms with van der Waals surface area (Å²) in [6.45, 7) is 4.19. The first-order valence-electron chi connectivity index (χ1n) is 10.3. The largest absolute Gasteiger partial charge is 0.465 e. The average molecular weight is 474 g/mol. The van der Waals surface area contributed by atoms with Gasteiger partial charge in [-0.15, -0.1) is 0 Å². The van der Waals surface area contributed by atoms with E-state index in [4.69, 9.17) is 4.74 Å². The van der Waals surface area contributed by atoms with Gasteiger partial charge in [-0.05, 0) is 31.9 Å². The Hall–Kier alpha value is -2.92. The molecule has 0 unspecified atom stereocenters. The van der Waals surface area contributed by atoms with Crippen LogP contribution in [0.4, 0.5) is 10.8 Å². The van der Waals surface area contributed by atoms with Crippen LogP contribution < -0.4 is 15.8 Å². The van der Waals surface area contributed by atoms with E-state index in [9.17, 15) is 14.4 Å². The molecule has 0 bridgehead atoms. The van der Waals surface area contributed by atoms with Gasteiger partial charge in [-0.25, -0.2) is 9.78 Å². The fourth-order valence-corrected chi connectivity index (χ4v) is 5.36. The number of esters is 1. The van der Waals surface area contributed by atoms with Gasteiger partial charge in [0.2, 0.25) is 5.91 Å². The highest BCUT2D eigenvalue weighted by Crippen LogP contribution is 2.29. The third kappa shape index (κ3) is 4.49. The number of anilines is 2. The van der Waals surface area contributed by atoms with E-state index in [1.807, 2.05) is 6.92 Å². The van der Waals surface area contributed by atoms with E-state index in [2.05, 4.69) is 20.2 Å². The van der Waals surface area contributed by atoms with Gasteiger partial charge >= 0.3 is 5.97 Å². The molecule has 0 spiro atoms. The molecule has 32 heavy (non-hydrogen) atoms. The molecule has 0 atom stereocenters. The Balaban J connectivity index is 1.53. The minimum atomic E-state index is -0.530. The SMILES string of the molecule is CCn1c(SCC(=O)Nc2ccccc2C(=O)OC)nc2nc(N3CCCC3)sc2c1=O. The van der Waals surface area contributed by atoms with Gasteiger partial charge in [-0.1, -0.05) is 35.2 Å². The first-order valence-corrected chi connectivity index (χ1v) is 12.1. The second-order valence-corrected chi connectivity index (χ2v) is 9.08. The molecule has 4 rings (SSSR count). The summed E-state index contributed by atoms with van der Waals surface area (Å²) in [6, 6.07) is 6.63. The summed E-state index contributed by atoms with van der Waals surface area (Å²) in [6.07, 6.45) is 2.25. The number of fused-ring (bicyclic) bond motifs is 1. The molecule has 1 amide bonds. The molecule has 1 N–H and O–H groups in total. The number of amides is 1. The van der Waals surface area contributed by atoms with Crippen molar-refractivity contribution in [3.8, 4) is 0 Å². The van der Waals surface area contributed by atoms with Crippen LogP contribution in [-0.2, 0) is 16.1 Å². The zero-order valence-electron chi connectivity index (χ0n) is 17.8. The van der Waals surface area contributed by atoms with E-state index in [1.54, 1.807) is 28.8 Å². The first kappa shape index (κ1) is 22.3. The Morgan fingerprint density at radius 2 is 1.97 bits per heavy atom. The summed E-state index contributed by atoms with van der Waals surface area (Å²) in [5.74, 6) is -0.825. The van der Waals surface area contributed by atoms with Gasteiger partial charge in [-0.2, -0.15) is 4.98 Å². The minimum Gasteiger partial charge on any atom is -0.465 e. The quantitative estimate of drug-likeness (QED) is 0.317. The van der Waals surface area contributed by atoms with Crippen molar-refractivity contribution in [2.24, 2.45) is 0 Å². The number of hydrogen-bond acceptors (Lipinski definition) is 9. The molecule has 3 aromatic rings. The van der Waals surface area contributed by atoms with Crippen molar-refractivity contribution in [1.29, 1.82) is 0 Å². The number of methoxy groups -OCH3 is 1. The van der Waals surface area contributed by atoms with Crippen LogP contribution in [0, 0.1) is 0 Å². The van der Waals surface area contributed by atoms with Gasteiger partial charge in [-0.3, -0.25) is 14.2 Å². The molecule has 0 aliphatic carbocycles. The van der Waals surface area contributed by atoms with Crippen molar-refractivity contribution in [1.82, 2.24) is 14.5 Å². The molecule has 3 heterocycles. The van der Waals surface area contributed by atoms with E-state index >= 15 is 0 Å². The Labute approximate surface area is 192 Å². The number of carbonyl (C=O) groups is 2. The van der Waals surface area contributed by atoms with Crippen molar-refractivity contribution >= 4 is 56.1 Å². The number of carbonyl (C=O) groups excluding carboxylic acids is 2. The molecule has 9 nitrogen and oxygen atoms in total. The fourth-order valence-electron chi connectivity index (χ4n) is 3.51. The molecular formula is C21H23N5O4S2. The van der Waals surface area contributed by atoms with Crippen LogP contribution in [0.1, 0.15) is 30.1 Å². The number of aromatic nitrogens is 3. The molecule has 0 saturated carbocycles. The second kappa shape index (κ2) is 9.70. The van der Waals surface area contributed by atoms with Crippen LogP contribution in [0.2, 0.25) is 0 Å². The van der Waals surface area contributed by atoms with Gasteiger partial charge in [0.25, 0.3) is 5.56 Å². The smallest absolute Gasteiger partial charge is 0.339 e. The normalized spacial score (nSPS) is 13.5. The van der Waals surface area contributed by atoms with Crippen LogP contribution >= 0.6 is 23.1 Å². The third-order valence-corrected chi connectivity index (χ3v) is 7.17. The number of nitrogens with one attached hydrogen (secondary N) is 1. The number of para-hydroxylation sites is 1. The number of benzene rings is 1. The predicted octanol–water partition coefficient (Wildman–Crippen LogP) is 2.99. The van der Waals surface area contributed by atoms with Gasteiger partial charge in [0.15, 0.2) is 15.9 Å². The van der Waals surface area contributed by atoms with Gasteiger partial charge in [0, 0.05) is 19.6 Å². The Morgan fingerprint density at radius 3 is 2.69 bits per heavy atom. The molecule has 1 fully saturated rings. The number of thioether (sulfide) groups is 1. The highest BCUT2D eigenvalue weighted by Gasteiger charge is 2.21. The van der Waals surface area contributed by atoms with Crippen LogP contribution in [0.5, 0.6) is 0 Å². The maximum atomic E-state index is 13.0. The lowest BCUT2D eigenvalue weighted by atomic mass is 10.2. The summed E-state index contributed by atoms with van der Waals surface area (Å²) >= 11 is 2.54. The van der Waals surface area contributed by atoms with Crippen molar-refractivity contribution < 1.29 is 14.3 Å². The highest BCUT2D eigenvalue weighted by atomic mass is 32.2. The van der Waals surface area contributed by atoms with Crippen LogP contribution in [0.15, 0.2) is 34.2 Å². The second-order valence-electron chi connectivity index (χ2n) is 7.16. The highest BCUT2D eigenvalue weighted by molar-refractivity contribution is 7.99. The van der Waals surface area contributed by atoms with Gasteiger partial charge in [0.05, 0.1) is 24.1 Å². The maximum Gasteiger partial charge on any atom is 0.339 e. The molecule has 1 aromatic carbocycles. The van der Waals surface area contributed by atoms with Crippen molar-refractivity contribution in [2.45, 2.75) is 31.5 Å². The topological polar surface area (TPSA) is 106 Å². The molecule has 11 heteroatoms. The van der Waals surface area contributed by atoms with Gasteiger partial charge < -0.3 is 15.0 Å². The summed E-state index contributed by atoms with van der Waals surface area (Å²) in [5.41, 5.74) is 0.927. The van der Waals surface area contributed by atoms with Crippen molar-refractivity contribution in [3.63, 3.8) is 0 Å². The fraction of sp³-hybridized carbons (Fsp3) is 0.381. The zero-order chi connectivity index (χ0) is 22.7. The lowest BCUT2D eigenvalue weighted by Crippen LogP contribution is -2.23.